The van der Waals surface area contributed by atoms with Crippen LogP contribution in [-0.2, 0) is 4.79 Å². The van der Waals surface area contributed by atoms with E-state index in [1.54, 1.807) is 0 Å². The fourth-order valence-corrected chi connectivity index (χ4v) is 3.89. The molecule has 7 heteroatoms. The average Bonchev–Trinajstić information content (AvgIpc) is 3.10. The number of rotatable bonds is 9. The maximum atomic E-state index is 12.2. The van der Waals surface area contributed by atoms with Crippen molar-refractivity contribution in [3.05, 3.63) is 66.0 Å². The summed E-state index contributed by atoms with van der Waals surface area (Å²) < 4.78 is 2.00. The molecule has 0 saturated heterocycles. The van der Waals surface area contributed by atoms with Gasteiger partial charge in [0.25, 0.3) is 0 Å². The minimum Gasteiger partial charge on any atom is -0.375 e. The molecule has 1 N–H and O–H groups in total. The van der Waals surface area contributed by atoms with Crippen LogP contribution >= 0.6 is 11.8 Å². The summed E-state index contributed by atoms with van der Waals surface area (Å²) in [4.78, 5) is 14.4. The van der Waals surface area contributed by atoms with E-state index in [-0.39, 0.29) is 5.91 Å². The van der Waals surface area contributed by atoms with Gasteiger partial charge in [0.15, 0.2) is 5.16 Å². The lowest BCUT2D eigenvalue weighted by Gasteiger charge is -2.19. The largest absolute Gasteiger partial charge is 0.375 e. The van der Waals surface area contributed by atoms with Crippen molar-refractivity contribution < 1.29 is 4.79 Å². The van der Waals surface area contributed by atoms with E-state index in [2.05, 4.69) is 52.6 Å². The molecule has 0 fully saturated rings. The number of aryl methyl sites for hydroxylation is 2. The zero-order valence-electron chi connectivity index (χ0n) is 17.1. The summed E-state index contributed by atoms with van der Waals surface area (Å²) in [5.41, 5.74) is 3.37. The Balaban J connectivity index is 1.46. The summed E-state index contributed by atoms with van der Waals surface area (Å²) in [5.74, 6) is 1.14. The minimum absolute atomic E-state index is 0.00866. The lowest BCUT2D eigenvalue weighted by atomic mass is 10.2. The minimum atomic E-state index is 0.00866. The van der Waals surface area contributed by atoms with Gasteiger partial charge in [-0.3, -0.25) is 9.36 Å². The predicted octanol–water partition coefficient (Wildman–Crippen LogP) is 3.62. The molecular formula is C22H27N5OS. The number of para-hydroxylation sites is 2. The number of benzene rings is 2. The molecule has 1 aromatic heterocycles. The van der Waals surface area contributed by atoms with Gasteiger partial charge in [0.2, 0.25) is 5.91 Å². The summed E-state index contributed by atoms with van der Waals surface area (Å²) in [6.45, 7) is 5.52. The molecule has 2 aromatic carbocycles. The Kier molecular flexibility index (Phi) is 7.30. The average molecular weight is 410 g/mol. The second-order valence-corrected chi connectivity index (χ2v) is 7.84. The van der Waals surface area contributed by atoms with Crippen molar-refractivity contribution in [2.24, 2.45) is 0 Å². The first-order valence-corrected chi connectivity index (χ1v) is 10.7. The van der Waals surface area contributed by atoms with Crippen molar-refractivity contribution in [3.8, 4) is 5.69 Å². The number of amides is 1. The van der Waals surface area contributed by atoms with Gasteiger partial charge in [0.05, 0.1) is 11.4 Å². The molecule has 0 aliphatic heterocycles. The zero-order chi connectivity index (χ0) is 20.6. The number of hydrogen-bond donors (Lipinski definition) is 1. The molecule has 0 unspecified atom stereocenters. The van der Waals surface area contributed by atoms with E-state index in [9.17, 15) is 4.79 Å². The van der Waals surface area contributed by atoms with Crippen molar-refractivity contribution in [2.75, 3.05) is 30.8 Å². The lowest BCUT2D eigenvalue weighted by Crippen LogP contribution is -2.29. The smallest absolute Gasteiger partial charge is 0.230 e. The van der Waals surface area contributed by atoms with Gasteiger partial charge in [0.1, 0.15) is 5.82 Å². The van der Waals surface area contributed by atoms with E-state index >= 15 is 0 Å². The van der Waals surface area contributed by atoms with Crippen LogP contribution in [0.2, 0.25) is 0 Å². The van der Waals surface area contributed by atoms with Crippen LogP contribution in [0, 0.1) is 13.8 Å². The second kappa shape index (κ2) is 10.1. The summed E-state index contributed by atoms with van der Waals surface area (Å²) in [7, 11) is 2.06. The molecule has 3 rings (SSSR count). The van der Waals surface area contributed by atoms with Crippen LogP contribution in [0.3, 0.4) is 0 Å². The Morgan fingerprint density at radius 3 is 2.55 bits per heavy atom. The number of carbonyl (C=O) groups is 1. The Morgan fingerprint density at radius 1 is 1.07 bits per heavy atom. The van der Waals surface area contributed by atoms with Crippen LogP contribution in [0.4, 0.5) is 5.69 Å². The van der Waals surface area contributed by atoms with Gasteiger partial charge in [0, 0.05) is 25.8 Å². The van der Waals surface area contributed by atoms with Gasteiger partial charge >= 0.3 is 0 Å². The number of thioether (sulfide) groups is 1. The molecule has 0 bridgehead atoms. The molecule has 29 heavy (non-hydrogen) atoms. The second-order valence-electron chi connectivity index (χ2n) is 6.90. The van der Waals surface area contributed by atoms with Crippen molar-refractivity contribution >= 4 is 23.4 Å². The quantitative estimate of drug-likeness (QED) is 0.432. The Hall–Kier alpha value is -2.80. The topological polar surface area (TPSA) is 63.1 Å². The molecule has 6 nitrogen and oxygen atoms in total. The molecule has 3 aromatic rings. The Labute approximate surface area is 176 Å². The van der Waals surface area contributed by atoms with Gasteiger partial charge in [-0.1, -0.05) is 48.2 Å². The zero-order valence-corrected chi connectivity index (χ0v) is 17.9. The number of nitrogens with one attached hydrogen (secondary N) is 1. The van der Waals surface area contributed by atoms with Crippen molar-refractivity contribution in [2.45, 2.75) is 25.4 Å². The maximum absolute atomic E-state index is 12.2. The highest BCUT2D eigenvalue weighted by atomic mass is 32.2. The fraction of sp³-hybridized carbons (Fsp3) is 0.318. The van der Waals surface area contributed by atoms with Gasteiger partial charge in [-0.15, -0.1) is 10.2 Å². The summed E-state index contributed by atoms with van der Waals surface area (Å²) in [6, 6.07) is 18.3. The van der Waals surface area contributed by atoms with Crippen molar-refractivity contribution in [3.63, 3.8) is 0 Å². The molecule has 1 amide bonds. The summed E-state index contributed by atoms with van der Waals surface area (Å²) in [6.07, 6.45) is 0.889. The third-order valence-corrected chi connectivity index (χ3v) is 5.60. The number of carbonyl (C=O) groups excluding carboxylic acids is 1. The van der Waals surface area contributed by atoms with E-state index in [0.717, 1.165) is 35.2 Å². The van der Waals surface area contributed by atoms with Crippen LogP contribution in [0.1, 0.15) is 17.8 Å². The molecule has 0 saturated carbocycles. The van der Waals surface area contributed by atoms with Crippen LogP contribution in [-0.4, -0.2) is 46.6 Å². The van der Waals surface area contributed by atoms with E-state index in [1.807, 2.05) is 47.9 Å². The number of anilines is 1. The third kappa shape index (κ3) is 5.60. The highest BCUT2D eigenvalue weighted by molar-refractivity contribution is 7.99. The van der Waals surface area contributed by atoms with Crippen LogP contribution < -0.4 is 10.2 Å². The molecule has 152 valence electrons. The predicted molar refractivity (Wildman–Crippen MR) is 119 cm³/mol. The Bertz CT molecular complexity index is 941. The Morgan fingerprint density at radius 2 is 1.79 bits per heavy atom. The van der Waals surface area contributed by atoms with Gasteiger partial charge in [-0.2, -0.15) is 0 Å². The third-order valence-electron chi connectivity index (χ3n) is 4.67. The first-order chi connectivity index (χ1) is 14.1. The maximum Gasteiger partial charge on any atom is 0.230 e. The van der Waals surface area contributed by atoms with Gasteiger partial charge in [-0.05, 0) is 44.0 Å². The van der Waals surface area contributed by atoms with E-state index in [1.165, 1.54) is 17.4 Å². The highest BCUT2D eigenvalue weighted by Crippen LogP contribution is 2.23. The highest BCUT2D eigenvalue weighted by Gasteiger charge is 2.14. The van der Waals surface area contributed by atoms with Crippen LogP contribution in [0.25, 0.3) is 5.69 Å². The SMILES string of the molecule is Cc1ccccc1-n1c(C)nnc1SCC(=O)NCCCN(C)c1ccccc1. The molecule has 0 atom stereocenters. The number of nitrogens with zero attached hydrogens (tertiary/aromatic N) is 4. The summed E-state index contributed by atoms with van der Waals surface area (Å²) >= 11 is 1.41. The van der Waals surface area contributed by atoms with Crippen LogP contribution in [0.5, 0.6) is 0 Å². The molecule has 1 heterocycles. The standard InChI is InChI=1S/C22H27N5OS/c1-17-10-7-8-13-20(17)27-18(2)24-25-22(27)29-16-21(28)23-14-9-15-26(3)19-11-5-4-6-12-19/h4-8,10-13H,9,14-16H2,1-3H3,(H,23,28). The molecule has 0 spiro atoms. The lowest BCUT2D eigenvalue weighted by molar-refractivity contribution is -0.118. The normalized spacial score (nSPS) is 10.7. The van der Waals surface area contributed by atoms with Gasteiger partial charge < -0.3 is 10.2 Å². The first kappa shape index (κ1) is 20.9. The van der Waals surface area contributed by atoms with E-state index < -0.39 is 0 Å². The summed E-state index contributed by atoms with van der Waals surface area (Å²) in [5, 5.41) is 12.2. The molecule has 0 radical (unpaired) electrons. The number of hydrogen-bond acceptors (Lipinski definition) is 5. The number of aromatic nitrogens is 3. The monoisotopic (exact) mass is 409 g/mol. The van der Waals surface area contributed by atoms with E-state index in [0.29, 0.717) is 12.3 Å². The molecular weight excluding hydrogens is 382 g/mol. The van der Waals surface area contributed by atoms with Gasteiger partial charge in [-0.25, -0.2) is 0 Å². The molecule has 0 aliphatic carbocycles. The fourth-order valence-electron chi connectivity index (χ4n) is 3.06. The first-order valence-electron chi connectivity index (χ1n) is 9.70. The van der Waals surface area contributed by atoms with Crippen LogP contribution in [0.15, 0.2) is 59.8 Å². The van der Waals surface area contributed by atoms with Crippen molar-refractivity contribution in [1.29, 1.82) is 0 Å². The van der Waals surface area contributed by atoms with Crippen molar-refractivity contribution in [1.82, 2.24) is 20.1 Å². The molecule has 0 aliphatic rings. The van der Waals surface area contributed by atoms with E-state index in [4.69, 9.17) is 0 Å².